The van der Waals surface area contributed by atoms with Crippen molar-refractivity contribution < 1.29 is 9.59 Å². The molecule has 0 aromatic carbocycles. The van der Waals surface area contributed by atoms with Crippen molar-refractivity contribution in [3.8, 4) is 0 Å². The third-order valence-corrected chi connectivity index (χ3v) is 2.51. The van der Waals surface area contributed by atoms with Gasteiger partial charge in [-0.1, -0.05) is 19.6 Å². The Morgan fingerprint density at radius 2 is 2.00 bits per heavy atom. The van der Waals surface area contributed by atoms with Crippen molar-refractivity contribution in [3.63, 3.8) is 0 Å². The Morgan fingerprint density at radius 1 is 1.46 bits per heavy atom. The Morgan fingerprint density at radius 3 is 2.23 bits per heavy atom. The summed E-state index contributed by atoms with van der Waals surface area (Å²) in [5.74, 6) is -0.112. The number of hydrogen-bond acceptors (Lipinski definition) is 3. The number of hydrogen-bond donors (Lipinski definition) is 0. The van der Waals surface area contributed by atoms with E-state index in [1.165, 1.54) is 24.8 Å². The lowest BCUT2D eigenvalue weighted by Gasteiger charge is -2.04. The largest absolute Gasteiger partial charge is 0.294 e. The molecule has 0 heterocycles. The predicted octanol–water partition coefficient (Wildman–Crippen LogP) is 2.36. The van der Waals surface area contributed by atoms with Crippen LogP contribution in [-0.4, -0.2) is 17.8 Å². The molecule has 0 atom stereocenters. The summed E-state index contributed by atoms with van der Waals surface area (Å²) in [6, 6.07) is 0. The van der Waals surface area contributed by atoms with Crippen molar-refractivity contribution in [1.29, 1.82) is 0 Å². The summed E-state index contributed by atoms with van der Waals surface area (Å²) in [4.78, 5) is 23.0. The van der Waals surface area contributed by atoms with Gasteiger partial charge in [0.25, 0.3) is 0 Å². The highest BCUT2D eigenvalue weighted by molar-refractivity contribution is 8.03. The molecule has 0 amide bonds. The highest BCUT2D eigenvalue weighted by atomic mass is 32.2. The van der Waals surface area contributed by atoms with E-state index in [1.807, 2.05) is 0 Å². The van der Waals surface area contributed by atoms with Gasteiger partial charge < -0.3 is 0 Å². The van der Waals surface area contributed by atoms with Crippen LogP contribution in [0.15, 0.2) is 23.1 Å². The van der Waals surface area contributed by atoms with E-state index in [-0.39, 0.29) is 11.6 Å². The highest BCUT2D eigenvalue weighted by Crippen LogP contribution is 2.20. The van der Waals surface area contributed by atoms with Crippen LogP contribution < -0.4 is 0 Å². The number of Topliss-reactive ketones (excluding diaryl/α,β-unsaturated/α-hetero) is 2. The van der Waals surface area contributed by atoms with E-state index >= 15 is 0 Å². The lowest BCUT2D eigenvalue weighted by atomic mass is 10.1. The van der Waals surface area contributed by atoms with Gasteiger partial charge in [0.15, 0.2) is 11.6 Å². The fourth-order valence-electron chi connectivity index (χ4n) is 0.967. The van der Waals surface area contributed by atoms with Gasteiger partial charge in [-0.3, -0.25) is 9.59 Å². The summed E-state index contributed by atoms with van der Waals surface area (Å²) >= 11 is 1.29. The van der Waals surface area contributed by atoms with E-state index in [9.17, 15) is 9.59 Å². The molecule has 0 aliphatic rings. The molecule has 0 aromatic heterocycles. The molecular formula is C10H14O2S. The zero-order chi connectivity index (χ0) is 10.4. The average Bonchev–Trinajstić information content (AvgIpc) is 2.12. The molecule has 0 radical (unpaired) electrons. The summed E-state index contributed by atoms with van der Waals surface area (Å²) in [5, 5.41) is 0. The summed E-state index contributed by atoms with van der Waals surface area (Å²) < 4.78 is 0. The van der Waals surface area contributed by atoms with Gasteiger partial charge >= 0.3 is 0 Å². The van der Waals surface area contributed by atoms with Crippen LogP contribution >= 0.6 is 11.8 Å². The highest BCUT2D eigenvalue weighted by Gasteiger charge is 2.13. The molecule has 0 saturated carbocycles. The lowest BCUT2D eigenvalue weighted by Crippen LogP contribution is -2.05. The van der Waals surface area contributed by atoms with Crippen molar-refractivity contribution in [2.24, 2.45) is 0 Å². The average molecular weight is 198 g/mol. The molecule has 0 fully saturated rings. The van der Waals surface area contributed by atoms with Gasteiger partial charge in [-0.25, -0.2) is 0 Å². The minimum atomic E-state index is -0.0794. The van der Waals surface area contributed by atoms with Crippen LogP contribution in [0.2, 0.25) is 0 Å². The number of allylic oxidation sites excluding steroid dienone is 3. The Kier molecular flexibility index (Phi) is 5.39. The van der Waals surface area contributed by atoms with Crippen LogP contribution in [0.5, 0.6) is 0 Å². The van der Waals surface area contributed by atoms with Gasteiger partial charge in [-0.05, 0) is 13.2 Å². The van der Waals surface area contributed by atoms with Crippen molar-refractivity contribution in [2.75, 3.05) is 6.26 Å². The molecule has 0 rings (SSSR count). The number of thioether (sulfide) groups is 1. The second-order valence-electron chi connectivity index (χ2n) is 2.48. The van der Waals surface area contributed by atoms with E-state index in [0.29, 0.717) is 16.9 Å². The Labute approximate surface area is 83.1 Å². The molecule has 0 bridgehead atoms. The van der Waals surface area contributed by atoms with Crippen LogP contribution in [0.25, 0.3) is 0 Å². The zero-order valence-corrected chi connectivity index (χ0v) is 9.03. The molecule has 0 unspecified atom stereocenters. The first kappa shape index (κ1) is 12.2. The van der Waals surface area contributed by atoms with Crippen LogP contribution in [0.1, 0.15) is 20.3 Å². The molecular weight excluding hydrogens is 184 g/mol. The fourth-order valence-corrected chi connectivity index (χ4v) is 1.67. The molecule has 72 valence electrons. The van der Waals surface area contributed by atoms with Crippen LogP contribution in [0.4, 0.5) is 0 Å². The third-order valence-electron chi connectivity index (χ3n) is 1.59. The maximum Gasteiger partial charge on any atom is 0.166 e. The van der Waals surface area contributed by atoms with Gasteiger partial charge in [0.2, 0.25) is 0 Å². The van der Waals surface area contributed by atoms with Crippen molar-refractivity contribution in [2.45, 2.75) is 20.3 Å². The molecule has 0 spiro atoms. The molecule has 0 aliphatic carbocycles. The number of carbonyl (C=O) groups is 2. The Bertz CT molecular complexity index is 264. The zero-order valence-electron chi connectivity index (χ0n) is 8.22. The molecule has 2 nitrogen and oxygen atoms in total. The SMILES string of the molecule is C=CC(C(=O)CC)=C(SC)C(C)=O. The van der Waals surface area contributed by atoms with Crippen molar-refractivity contribution >= 4 is 23.3 Å². The second-order valence-corrected chi connectivity index (χ2v) is 3.30. The van der Waals surface area contributed by atoms with E-state index in [1.54, 1.807) is 13.2 Å². The topological polar surface area (TPSA) is 34.1 Å². The van der Waals surface area contributed by atoms with Gasteiger partial charge in [0.1, 0.15) is 0 Å². The van der Waals surface area contributed by atoms with Gasteiger partial charge in [0, 0.05) is 12.0 Å². The normalized spacial score (nSPS) is 11.9. The molecule has 3 heteroatoms. The Hall–Kier alpha value is -0.830. The first-order valence-corrected chi connectivity index (χ1v) is 5.25. The number of rotatable bonds is 5. The lowest BCUT2D eigenvalue weighted by molar-refractivity contribution is -0.116. The van der Waals surface area contributed by atoms with Gasteiger partial charge in [-0.2, -0.15) is 0 Å². The molecule has 0 saturated heterocycles. The quantitative estimate of drug-likeness (QED) is 0.502. The van der Waals surface area contributed by atoms with E-state index < -0.39 is 0 Å². The maximum atomic E-state index is 11.4. The summed E-state index contributed by atoms with van der Waals surface area (Å²) in [6.45, 7) is 6.76. The van der Waals surface area contributed by atoms with Gasteiger partial charge in [-0.15, -0.1) is 11.8 Å². The standard InChI is InChI=1S/C10H14O2S/c1-5-8(9(12)6-2)10(13-4)7(3)11/h5H,1,6H2,2-4H3. The summed E-state index contributed by atoms with van der Waals surface area (Å²) in [7, 11) is 0. The smallest absolute Gasteiger partial charge is 0.166 e. The Balaban J connectivity index is 5.17. The third kappa shape index (κ3) is 3.19. The monoisotopic (exact) mass is 198 g/mol. The van der Waals surface area contributed by atoms with Crippen molar-refractivity contribution in [3.05, 3.63) is 23.1 Å². The van der Waals surface area contributed by atoms with E-state index in [4.69, 9.17) is 0 Å². The van der Waals surface area contributed by atoms with E-state index in [0.717, 1.165) is 0 Å². The molecule has 13 heavy (non-hydrogen) atoms. The van der Waals surface area contributed by atoms with Crippen LogP contribution in [0, 0.1) is 0 Å². The minimum Gasteiger partial charge on any atom is -0.294 e. The maximum absolute atomic E-state index is 11.4. The van der Waals surface area contributed by atoms with E-state index in [2.05, 4.69) is 6.58 Å². The number of ketones is 2. The second kappa shape index (κ2) is 5.75. The van der Waals surface area contributed by atoms with Gasteiger partial charge in [0.05, 0.1) is 4.91 Å². The molecule has 0 aromatic rings. The minimum absolute atomic E-state index is 0.0328. The first-order valence-electron chi connectivity index (χ1n) is 4.03. The van der Waals surface area contributed by atoms with Crippen LogP contribution in [0.3, 0.4) is 0 Å². The molecule has 0 aliphatic heterocycles. The molecule has 0 N–H and O–H groups in total. The van der Waals surface area contributed by atoms with Crippen LogP contribution in [-0.2, 0) is 9.59 Å². The summed E-state index contributed by atoms with van der Waals surface area (Å²) in [6.07, 6.45) is 3.64. The first-order chi connectivity index (χ1) is 6.08. The summed E-state index contributed by atoms with van der Waals surface area (Å²) in [5.41, 5.74) is 0.447. The number of carbonyl (C=O) groups excluding carboxylic acids is 2. The van der Waals surface area contributed by atoms with Crippen molar-refractivity contribution in [1.82, 2.24) is 0 Å². The predicted molar refractivity (Wildman–Crippen MR) is 56.7 cm³/mol. The fraction of sp³-hybridized carbons (Fsp3) is 0.400.